The van der Waals surface area contributed by atoms with Gasteiger partial charge in [-0.1, -0.05) is 32.9 Å². The Morgan fingerprint density at radius 3 is 2.52 bits per heavy atom. The Morgan fingerprint density at radius 2 is 1.75 bits per heavy atom. The minimum Gasteiger partial charge on any atom is -0.368 e. The molecule has 0 spiro atoms. The van der Waals surface area contributed by atoms with E-state index in [-0.39, 0.29) is 28.2 Å². The van der Waals surface area contributed by atoms with Gasteiger partial charge in [-0.25, -0.2) is 18.9 Å². The number of urea groups is 1. The second kappa shape index (κ2) is 10.6. The number of hydrogen-bond acceptors (Lipinski definition) is 7. The number of nitrogens with two attached hydrogens (primary N) is 1. The molecule has 6 rings (SSSR count). The molecular formula is C32H30FN9O2. The maximum atomic E-state index is 15.0. The van der Waals surface area contributed by atoms with Crippen LogP contribution in [0.5, 0.6) is 0 Å². The highest BCUT2D eigenvalue weighted by Gasteiger charge is 2.22. The standard InChI is InChI=1S/C32H30FN9O2/c1-17-6-7-19-12-21(9-11-24(19)36-17)42-27(15-26(40-42)32(2,3)4)38-31(44)37-25-14-18(8-10-23(25)33)22-13-20-16-35-30(34)39-28(20)41(5)29(22)43/h6-16H,1-5H3,(H2,34,35,39)(H2,37,38,44). The van der Waals surface area contributed by atoms with Gasteiger partial charge in [0.2, 0.25) is 5.95 Å². The lowest BCUT2D eigenvalue weighted by atomic mass is 9.92. The van der Waals surface area contributed by atoms with Gasteiger partial charge in [-0.3, -0.25) is 19.7 Å². The Bertz CT molecular complexity index is 2160. The van der Waals surface area contributed by atoms with E-state index in [1.54, 1.807) is 23.9 Å². The van der Waals surface area contributed by atoms with Crippen LogP contribution >= 0.6 is 0 Å². The molecule has 4 heterocycles. The summed E-state index contributed by atoms with van der Waals surface area (Å²) in [6.45, 7) is 8.00. The zero-order chi connectivity index (χ0) is 31.3. The number of hydrogen-bond donors (Lipinski definition) is 3. The van der Waals surface area contributed by atoms with Crippen LogP contribution in [-0.4, -0.2) is 35.3 Å². The van der Waals surface area contributed by atoms with Gasteiger partial charge in [0.05, 0.1) is 22.6 Å². The highest BCUT2D eigenvalue weighted by atomic mass is 19.1. The zero-order valence-electron chi connectivity index (χ0n) is 24.8. The van der Waals surface area contributed by atoms with Crippen LogP contribution in [0.25, 0.3) is 38.8 Å². The minimum absolute atomic E-state index is 0.0446. The van der Waals surface area contributed by atoms with E-state index in [4.69, 9.17) is 10.8 Å². The van der Waals surface area contributed by atoms with Gasteiger partial charge in [-0.05, 0) is 55.0 Å². The predicted molar refractivity (Wildman–Crippen MR) is 170 cm³/mol. The first-order valence-electron chi connectivity index (χ1n) is 13.9. The van der Waals surface area contributed by atoms with Crippen molar-refractivity contribution in [3.63, 3.8) is 0 Å². The smallest absolute Gasteiger partial charge is 0.324 e. The monoisotopic (exact) mass is 591 g/mol. The van der Waals surface area contributed by atoms with Gasteiger partial charge in [0.15, 0.2) is 0 Å². The number of nitrogen functional groups attached to an aromatic ring is 1. The van der Waals surface area contributed by atoms with E-state index in [1.807, 2.05) is 58.0 Å². The highest BCUT2D eigenvalue weighted by Crippen LogP contribution is 2.29. The van der Waals surface area contributed by atoms with Crippen molar-refractivity contribution < 1.29 is 9.18 Å². The third-order valence-corrected chi connectivity index (χ3v) is 7.27. The Morgan fingerprint density at radius 1 is 0.955 bits per heavy atom. The molecule has 0 unspecified atom stereocenters. The molecule has 2 aromatic carbocycles. The summed E-state index contributed by atoms with van der Waals surface area (Å²) in [6.07, 6.45) is 1.51. The van der Waals surface area contributed by atoms with Crippen molar-refractivity contribution in [2.75, 3.05) is 16.4 Å². The number of rotatable bonds is 4. The zero-order valence-corrected chi connectivity index (χ0v) is 24.8. The molecule has 2 amide bonds. The molecule has 4 N–H and O–H groups in total. The second-order valence-electron chi connectivity index (χ2n) is 11.6. The number of aryl methyl sites for hydroxylation is 2. The molecule has 0 fully saturated rings. The highest BCUT2D eigenvalue weighted by molar-refractivity contribution is 6.00. The summed E-state index contributed by atoms with van der Waals surface area (Å²) in [7, 11) is 1.57. The SMILES string of the molecule is Cc1ccc2cc(-n3nc(C(C)(C)C)cc3NC(=O)Nc3cc(-c4cc5cnc(N)nc5n(C)c4=O)ccc3F)ccc2n1. The van der Waals surface area contributed by atoms with Gasteiger partial charge in [0.25, 0.3) is 5.56 Å². The van der Waals surface area contributed by atoms with E-state index in [1.165, 1.54) is 29.0 Å². The number of carbonyl (C=O) groups excluding carboxylic acids is 1. The van der Waals surface area contributed by atoms with E-state index < -0.39 is 11.8 Å². The van der Waals surface area contributed by atoms with Crippen molar-refractivity contribution in [3.8, 4) is 16.8 Å². The lowest BCUT2D eigenvalue weighted by molar-refractivity contribution is 0.262. The molecule has 222 valence electrons. The van der Waals surface area contributed by atoms with E-state index in [2.05, 4.69) is 25.6 Å². The van der Waals surface area contributed by atoms with E-state index in [0.29, 0.717) is 22.4 Å². The number of nitrogens with one attached hydrogen (secondary N) is 2. The molecule has 4 aromatic heterocycles. The number of benzene rings is 2. The van der Waals surface area contributed by atoms with Crippen LogP contribution in [0.4, 0.5) is 26.6 Å². The third-order valence-electron chi connectivity index (χ3n) is 7.27. The molecule has 0 aliphatic rings. The van der Waals surface area contributed by atoms with Crippen molar-refractivity contribution in [1.29, 1.82) is 0 Å². The molecule has 0 aliphatic carbocycles. The molecule has 0 saturated carbocycles. The van der Waals surface area contributed by atoms with Crippen molar-refractivity contribution in [1.82, 2.24) is 29.3 Å². The second-order valence-corrected chi connectivity index (χ2v) is 11.6. The predicted octanol–water partition coefficient (Wildman–Crippen LogP) is 5.70. The third kappa shape index (κ3) is 5.33. The van der Waals surface area contributed by atoms with Gasteiger partial charge in [-0.2, -0.15) is 10.1 Å². The number of fused-ring (bicyclic) bond motifs is 2. The first kappa shape index (κ1) is 28.5. The van der Waals surface area contributed by atoms with Crippen LogP contribution < -0.4 is 21.9 Å². The first-order valence-corrected chi connectivity index (χ1v) is 13.9. The fraction of sp³-hybridized carbons (Fsp3) is 0.188. The summed E-state index contributed by atoms with van der Waals surface area (Å²) in [5.41, 5.74) is 9.20. The number of nitrogens with zero attached hydrogens (tertiary/aromatic N) is 6. The van der Waals surface area contributed by atoms with Crippen LogP contribution in [0.1, 0.15) is 32.2 Å². The Kier molecular flexibility index (Phi) is 6.83. The van der Waals surface area contributed by atoms with Gasteiger partial charge in [0.1, 0.15) is 17.3 Å². The molecule has 12 heteroatoms. The number of amides is 2. The number of anilines is 3. The average molecular weight is 592 g/mol. The number of pyridine rings is 2. The largest absolute Gasteiger partial charge is 0.368 e. The number of halogens is 1. The van der Waals surface area contributed by atoms with Crippen LogP contribution in [0.2, 0.25) is 0 Å². The normalized spacial score (nSPS) is 11.7. The quantitative estimate of drug-likeness (QED) is 0.238. The van der Waals surface area contributed by atoms with Crippen LogP contribution in [0.15, 0.2) is 71.7 Å². The van der Waals surface area contributed by atoms with Gasteiger partial charge >= 0.3 is 6.03 Å². The van der Waals surface area contributed by atoms with Crippen molar-refractivity contribution >= 4 is 45.4 Å². The molecule has 11 nitrogen and oxygen atoms in total. The molecule has 0 aliphatic heterocycles. The Labute approximate surface area is 251 Å². The molecule has 0 radical (unpaired) electrons. The maximum Gasteiger partial charge on any atom is 0.324 e. The van der Waals surface area contributed by atoms with Gasteiger partial charge in [-0.15, -0.1) is 0 Å². The summed E-state index contributed by atoms with van der Waals surface area (Å²) >= 11 is 0. The van der Waals surface area contributed by atoms with Gasteiger partial charge in [0, 0.05) is 46.8 Å². The van der Waals surface area contributed by atoms with E-state index >= 15 is 0 Å². The molecule has 0 saturated heterocycles. The van der Waals surface area contributed by atoms with E-state index in [9.17, 15) is 14.0 Å². The van der Waals surface area contributed by atoms with E-state index in [0.717, 1.165) is 28.0 Å². The fourth-order valence-corrected chi connectivity index (χ4v) is 4.91. The lowest BCUT2D eigenvalue weighted by Crippen LogP contribution is -2.22. The molecule has 6 aromatic rings. The first-order chi connectivity index (χ1) is 20.9. The maximum absolute atomic E-state index is 15.0. The van der Waals surface area contributed by atoms with Crippen LogP contribution in [0.3, 0.4) is 0 Å². The number of carbonyl (C=O) groups is 1. The topological polar surface area (TPSA) is 146 Å². The van der Waals surface area contributed by atoms with Crippen molar-refractivity contribution in [2.24, 2.45) is 7.05 Å². The lowest BCUT2D eigenvalue weighted by Gasteiger charge is -2.14. The molecule has 0 atom stereocenters. The molecule has 0 bridgehead atoms. The summed E-state index contributed by atoms with van der Waals surface area (Å²) in [4.78, 5) is 39.1. The van der Waals surface area contributed by atoms with Crippen LogP contribution in [-0.2, 0) is 12.5 Å². The Hall–Kier alpha value is -5.65. The fourth-order valence-electron chi connectivity index (χ4n) is 4.91. The summed E-state index contributed by atoms with van der Waals surface area (Å²) < 4.78 is 17.9. The minimum atomic E-state index is -0.684. The average Bonchev–Trinajstić information content (AvgIpc) is 3.40. The molecular weight excluding hydrogens is 561 g/mol. The molecule has 44 heavy (non-hydrogen) atoms. The van der Waals surface area contributed by atoms with Crippen molar-refractivity contribution in [2.45, 2.75) is 33.1 Å². The Balaban J connectivity index is 1.33. The summed E-state index contributed by atoms with van der Waals surface area (Å²) in [5.74, 6) is -0.229. The van der Waals surface area contributed by atoms with Crippen molar-refractivity contribution in [3.05, 3.63) is 94.4 Å². The summed E-state index contributed by atoms with van der Waals surface area (Å²) in [5, 5.41) is 11.7. The van der Waals surface area contributed by atoms with Gasteiger partial charge < -0.3 is 11.1 Å². The number of aromatic nitrogens is 6. The van der Waals surface area contributed by atoms with Crippen LogP contribution in [0, 0.1) is 12.7 Å². The summed E-state index contributed by atoms with van der Waals surface area (Å²) in [6, 6.07) is 16.4.